The lowest BCUT2D eigenvalue weighted by atomic mass is 9.77. The lowest BCUT2D eigenvalue weighted by Crippen LogP contribution is -2.50. The molecule has 0 amide bonds. The Bertz CT molecular complexity index is 690. The van der Waals surface area contributed by atoms with E-state index >= 15 is 4.39 Å². The van der Waals surface area contributed by atoms with Gasteiger partial charge in [-0.05, 0) is 49.9 Å². The zero-order chi connectivity index (χ0) is 19.1. The highest BCUT2D eigenvalue weighted by atomic mass is 19.1. The molecule has 1 saturated heterocycles. The molecule has 26 heavy (non-hydrogen) atoms. The number of nitrogens with zero attached hydrogens (tertiary/aromatic N) is 1. The van der Waals surface area contributed by atoms with E-state index in [1.807, 2.05) is 0 Å². The number of methoxy groups -OCH3 is 2. The van der Waals surface area contributed by atoms with Crippen LogP contribution in [0.2, 0.25) is 0 Å². The molecule has 0 spiro atoms. The number of hydrogen-bond acceptors (Lipinski definition) is 4. The van der Waals surface area contributed by atoms with Crippen LogP contribution < -0.4 is 9.47 Å². The Morgan fingerprint density at radius 2 is 1.92 bits per heavy atom. The predicted molar refractivity (Wildman–Crippen MR) is 100 cm³/mol. The van der Waals surface area contributed by atoms with Gasteiger partial charge >= 0.3 is 0 Å². The highest BCUT2D eigenvalue weighted by Gasteiger charge is 2.53. The molecule has 5 heteroatoms. The van der Waals surface area contributed by atoms with Crippen LogP contribution in [0.4, 0.5) is 4.39 Å². The Kier molecular flexibility index (Phi) is 5.29. The quantitative estimate of drug-likeness (QED) is 0.795. The molecule has 2 aliphatic rings. The summed E-state index contributed by atoms with van der Waals surface area (Å²) in [6.07, 6.45) is 1.59. The highest BCUT2D eigenvalue weighted by Crippen LogP contribution is 2.46. The number of piperidine rings is 1. The molecule has 144 valence electrons. The molecule has 1 heterocycles. The summed E-state index contributed by atoms with van der Waals surface area (Å²) in [5.74, 6) is 0.985. The van der Waals surface area contributed by atoms with E-state index in [0.29, 0.717) is 29.0 Å². The Balaban J connectivity index is 1.82. The van der Waals surface area contributed by atoms with Gasteiger partial charge in [-0.1, -0.05) is 13.8 Å². The molecule has 3 unspecified atom stereocenters. The van der Waals surface area contributed by atoms with Crippen molar-refractivity contribution in [1.29, 1.82) is 0 Å². The van der Waals surface area contributed by atoms with Crippen molar-refractivity contribution in [3.63, 3.8) is 0 Å². The van der Waals surface area contributed by atoms with E-state index in [-0.39, 0.29) is 18.1 Å². The molecule has 1 fully saturated rings. The zero-order valence-corrected chi connectivity index (χ0v) is 16.5. The van der Waals surface area contributed by atoms with Crippen molar-refractivity contribution in [2.45, 2.75) is 51.7 Å². The summed E-state index contributed by atoms with van der Waals surface area (Å²) in [7, 11) is 3.08. The topological polar surface area (TPSA) is 38.8 Å². The second-order valence-electron chi connectivity index (χ2n) is 8.19. The van der Waals surface area contributed by atoms with E-state index in [0.717, 1.165) is 31.5 Å². The van der Waals surface area contributed by atoms with Crippen LogP contribution in [-0.4, -0.2) is 49.7 Å². The number of alkyl halides is 1. The Morgan fingerprint density at radius 1 is 1.27 bits per heavy atom. The number of hydrogen-bond donors (Lipinski definition) is 0. The summed E-state index contributed by atoms with van der Waals surface area (Å²) in [4.78, 5) is 15.4. The minimum atomic E-state index is -1.81. The smallest absolute Gasteiger partial charge is 0.201 e. The van der Waals surface area contributed by atoms with Gasteiger partial charge in [0, 0.05) is 30.5 Å². The summed E-state index contributed by atoms with van der Waals surface area (Å²) in [5.41, 5.74) is -0.632. The lowest BCUT2D eigenvalue weighted by Gasteiger charge is -2.42. The van der Waals surface area contributed by atoms with Crippen LogP contribution in [0.25, 0.3) is 0 Å². The third-order valence-electron chi connectivity index (χ3n) is 5.94. The average Bonchev–Trinajstić information content (AvgIpc) is 2.86. The van der Waals surface area contributed by atoms with E-state index in [1.165, 1.54) is 7.11 Å². The molecule has 0 N–H and O–H groups in total. The third-order valence-corrected chi connectivity index (χ3v) is 5.94. The molecule has 1 aliphatic carbocycles. The maximum atomic E-state index is 16.0. The van der Waals surface area contributed by atoms with Gasteiger partial charge in [-0.25, -0.2) is 4.39 Å². The molecule has 3 atom stereocenters. The van der Waals surface area contributed by atoms with Gasteiger partial charge in [0.05, 0.1) is 14.2 Å². The summed E-state index contributed by atoms with van der Waals surface area (Å²) in [6.45, 7) is 8.43. The van der Waals surface area contributed by atoms with Gasteiger partial charge in [-0.3, -0.25) is 4.79 Å². The maximum Gasteiger partial charge on any atom is 0.201 e. The molecular weight excluding hydrogens is 333 g/mol. The predicted octanol–water partition coefficient (Wildman–Crippen LogP) is 3.91. The minimum Gasteiger partial charge on any atom is -0.493 e. The van der Waals surface area contributed by atoms with Crippen LogP contribution >= 0.6 is 0 Å². The van der Waals surface area contributed by atoms with Crippen molar-refractivity contribution in [2.75, 3.05) is 27.3 Å². The van der Waals surface area contributed by atoms with Crippen molar-refractivity contribution < 1.29 is 18.7 Å². The van der Waals surface area contributed by atoms with E-state index in [4.69, 9.17) is 9.47 Å². The molecule has 1 aromatic carbocycles. The number of benzene rings is 1. The fourth-order valence-corrected chi connectivity index (χ4v) is 4.57. The Hall–Kier alpha value is -1.62. The molecule has 0 saturated carbocycles. The first-order valence-corrected chi connectivity index (χ1v) is 9.52. The summed E-state index contributed by atoms with van der Waals surface area (Å²) in [5, 5.41) is 0. The first-order chi connectivity index (χ1) is 12.3. The molecular formula is C21H30FNO3. The first kappa shape index (κ1) is 19.2. The minimum absolute atomic E-state index is 0.142. The summed E-state index contributed by atoms with van der Waals surface area (Å²) < 4.78 is 26.6. The van der Waals surface area contributed by atoms with Crippen molar-refractivity contribution >= 4 is 5.78 Å². The SMILES string of the molecule is COc1cc2c(cc1OC)C(=O)C(F)(C1CCN(CC(C)C)C(C)C1)C2. The molecule has 3 rings (SSSR count). The van der Waals surface area contributed by atoms with Crippen molar-refractivity contribution in [3.8, 4) is 11.5 Å². The van der Waals surface area contributed by atoms with Gasteiger partial charge in [0.1, 0.15) is 0 Å². The van der Waals surface area contributed by atoms with E-state index in [2.05, 4.69) is 25.7 Å². The van der Waals surface area contributed by atoms with Crippen molar-refractivity contribution in [2.24, 2.45) is 11.8 Å². The van der Waals surface area contributed by atoms with Gasteiger partial charge < -0.3 is 14.4 Å². The fourth-order valence-electron chi connectivity index (χ4n) is 4.57. The number of fused-ring (bicyclic) bond motifs is 1. The van der Waals surface area contributed by atoms with Crippen LogP contribution in [-0.2, 0) is 6.42 Å². The summed E-state index contributed by atoms with van der Waals surface area (Å²) >= 11 is 0. The molecule has 0 bridgehead atoms. The second kappa shape index (κ2) is 7.18. The number of ketones is 1. The number of ether oxygens (including phenoxy) is 2. The molecule has 1 aliphatic heterocycles. The van der Waals surface area contributed by atoms with Gasteiger partial charge in [-0.15, -0.1) is 0 Å². The number of rotatable bonds is 5. The molecule has 1 aromatic rings. The number of carbonyl (C=O) groups excluding carboxylic acids is 1. The van der Waals surface area contributed by atoms with Crippen LogP contribution in [0.3, 0.4) is 0 Å². The third kappa shape index (κ3) is 3.22. The van der Waals surface area contributed by atoms with Gasteiger partial charge in [0.25, 0.3) is 0 Å². The largest absolute Gasteiger partial charge is 0.493 e. The van der Waals surface area contributed by atoms with E-state index in [1.54, 1.807) is 19.2 Å². The Labute approximate surface area is 155 Å². The highest BCUT2D eigenvalue weighted by molar-refractivity contribution is 6.07. The summed E-state index contributed by atoms with van der Waals surface area (Å²) in [6, 6.07) is 3.68. The number of carbonyl (C=O) groups is 1. The monoisotopic (exact) mass is 363 g/mol. The van der Waals surface area contributed by atoms with E-state index < -0.39 is 5.67 Å². The number of halogens is 1. The first-order valence-electron chi connectivity index (χ1n) is 9.52. The van der Waals surface area contributed by atoms with E-state index in [9.17, 15) is 4.79 Å². The average molecular weight is 363 g/mol. The normalized spacial score (nSPS) is 29.1. The van der Waals surface area contributed by atoms with Crippen LogP contribution in [0.15, 0.2) is 12.1 Å². The number of likely N-dealkylation sites (tertiary alicyclic amines) is 1. The van der Waals surface area contributed by atoms with Gasteiger partial charge in [0.2, 0.25) is 5.78 Å². The van der Waals surface area contributed by atoms with Crippen LogP contribution in [0.5, 0.6) is 11.5 Å². The van der Waals surface area contributed by atoms with Gasteiger partial charge in [0.15, 0.2) is 17.2 Å². The molecule has 0 aromatic heterocycles. The lowest BCUT2D eigenvalue weighted by molar-refractivity contribution is 0.0172. The van der Waals surface area contributed by atoms with Gasteiger partial charge in [-0.2, -0.15) is 0 Å². The van der Waals surface area contributed by atoms with Crippen molar-refractivity contribution in [1.82, 2.24) is 4.90 Å². The molecule has 4 nitrogen and oxygen atoms in total. The standard InChI is InChI=1S/C21H30FNO3/c1-13(2)12-23-7-6-16(8-14(23)3)21(22)11-15-9-18(25-4)19(26-5)10-17(15)20(21)24/h9-10,13-14,16H,6-8,11-12H2,1-5H3. The van der Waals surface area contributed by atoms with Crippen LogP contribution in [0, 0.1) is 11.8 Å². The maximum absolute atomic E-state index is 16.0. The second-order valence-corrected chi connectivity index (χ2v) is 8.19. The zero-order valence-electron chi connectivity index (χ0n) is 16.5. The number of Topliss-reactive ketones (excluding diaryl/α,β-unsaturated/α-hetero) is 1. The van der Waals surface area contributed by atoms with Crippen LogP contribution in [0.1, 0.15) is 49.5 Å². The Morgan fingerprint density at radius 3 is 2.50 bits per heavy atom. The fraction of sp³-hybridized carbons (Fsp3) is 0.667. The van der Waals surface area contributed by atoms with Crippen molar-refractivity contribution in [3.05, 3.63) is 23.3 Å². The molecule has 0 radical (unpaired) electrons.